The van der Waals surface area contributed by atoms with Gasteiger partial charge in [-0.2, -0.15) is 0 Å². The van der Waals surface area contributed by atoms with Crippen LogP contribution in [0.5, 0.6) is 0 Å². The van der Waals surface area contributed by atoms with E-state index in [-0.39, 0.29) is 16.7 Å². The van der Waals surface area contributed by atoms with Crippen LogP contribution >= 0.6 is 0 Å². The van der Waals surface area contributed by atoms with Gasteiger partial charge in [-0.15, -0.1) is 0 Å². The predicted molar refractivity (Wildman–Crippen MR) is 95.7 cm³/mol. The van der Waals surface area contributed by atoms with Crippen molar-refractivity contribution in [1.29, 1.82) is 0 Å². The number of hydrogen-bond acceptors (Lipinski definition) is 5. The lowest BCUT2D eigenvalue weighted by Crippen LogP contribution is -2.46. The molecule has 2 heterocycles. The van der Waals surface area contributed by atoms with Crippen molar-refractivity contribution in [1.82, 2.24) is 14.3 Å². The minimum absolute atomic E-state index is 0.0765. The van der Waals surface area contributed by atoms with Crippen LogP contribution in [0.1, 0.15) is 52.3 Å². The van der Waals surface area contributed by atoms with Crippen LogP contribution in [0.3, 0.4) is 0 Å². The van der Waals surface area contributed by atoms with Gasteiger partial charge in [0.25, 0.3) is 0 Å². The Kier molecular flexibility index (Phi) is 4.59. The number of nitrogens with zero attached hydrogens (tertiary/aromatic N) is 4. The van der Waals surface area contributed by atoms with Crippen LogP contribution in [-0.4, -0.2) is 54.1 Å². The molecule has 1 aromatic heterocycles. The average Bonchev–Trinajstić information content (AvgIpc) is 3.39. The van der Waals surface area contributed by atoms with Gasteiger partial charge in [0.1, 0.15) is 11.6 Å². The molecule has 1 aromatic rings. The molecule has 0 unspecified atom stereocenters. The van der Waals surface area contributed by atoms with Crippen molar-refractivity contribution >= 4 is 15.8 Å². The molecule has 0 radical (unpaired) electrons. The molecule has 0 aromatic carbocycles. The minimum atomic E-state index is -3.08. The van der Waals surface area contributed by atoms with Crippen LogP contribution in [0.2, 0.25) is 0 Å². The molecule has 3 rings (SSSR count). The summed E-state index contributed by atoms with van der Waals surface area (Å²) in [7, 11) is -1.34. The predicted octanol–water partition coefficient (Wildman–Crippen LogP) is 2.17. The summed E-state index contributed by atoms with van der Waals surface area (Å²) < 4.78 is 26.4. The lowest BCUT2D eigenvalue weighted by atomic mass is 9.96. The molecule has 1 aliphatic heterocycles. The highest BCUT2D eigenvalue weighted by Gasteiger charge is 2.41. The van der Waals surface area contributed by atoms with E-state index in [2.05, 4.69) is 30.7 Å². The van der Waals surface area contributed by atoms with Crippen molar-refractivity contribution in [2.75, 3.05) is 25.0 Å². The second-order valence-electron chi connectivity index (χ2n) is 7.97. The lowest BCUT2D eigenvalue weighted by molar-refractivity contribution is 0.311. The first-order valence-corrected chi connectivity index (χ1v) is 10.3. The fraction of sp³-hybridized carbons (Fsp3) is 0.765. The molecule has 0 amide bonds. The van der Waals surface area contributed by atoms with Gasteiger partial charge in [0.2, 0.25) is 10.0 Å². The maximum atomic E-state index is 12.4. The third kappa shape index (κ3) is 3.57. The molecule has 0 bridgehead atoms. The number of sulfonamides is 1. The topological polar surface area (TPSA) is 66.4 Å². The van der Waals surface area contributed by atoms with Gasteiger partial charge in [0.05, 0.1) is 5.25 Å². The standard InChI is InChI=1S/C17H28N4O2S/c1-17(2,3)16-18-10-7-15(19-16)21-11-8-13(9-12-21)20(4)24(22,23)14-5-6-14/h7,10,13-14H,5-6,8-9,11-12H2,1-4H3. The van der Waals surface area contributed by atoms with Gasteiger partial charge < -0.3 is 4.90 Å². The average molecular weight is 353 g/mol. The van der Waals surface area contributed by atoms with E-state index in [1.54, 1.807) is 11.4 Å². The van der Waals surface area contributed by atoms with E-state index in [0.717, 1.165) is 50.4 Å². The van der Waals surface area contributed by atoms with Crippen molar-refractivity contribution in [2.45, 2.75) is 63.2 Å². The molecule has 0 spiro atoms. The second-order valence-corrected chi connectivity index (χ2v) is 10.2. The molecule has 24 heavy (non-hydrogen) atoms. The smallest absolute Gasteiger partial charge is 0.216 e. The van der Waals surface area contributed by atoms with Gasteiger partial charge in [0, 0.05) is 37.8 Å². The highest BCUT2D eigenvalue weighted by molar-refractivity contribution is 7.90. The summed E-state index contributed by atoms with van der Waals surface area (Å²) in [6.45, 7) is 7.98. The molecule has 134 valence electrons. The number of hydrogen-bond donors (Lipinski definition) is 0. The zero-order valence-electron chi connectivity index (χ0n) is 15.1. The minimum Gasteiger partial charge on any atom is -0.356 e. The van der Waals surface area contributed by atoms with Crippen molar-refractivity contribution in [3.63, 3.8) is 0 Å². The fourth-order valence-electron chi connectivity index (χ4n) is 3.15. The van der Waals surface area contributed by atoms with Crippen LogP contribution in [0.15, 0.2) is 12.3 Å². The van der Waals surface area contributed by atoms with Crippen molar-refractivity contribution in [3.8, 4) is 0 Å². The molecule has 2 aliphatic rings. The van der Waals surface area contributed by atoms with Crippen LogP contribution in [0.25, 0.3) is 0 Å². The summed E-state index contributed by atoms with van der Waals surface area (Å²) in [5, 5.41) is -0.128. The molecule has 0 N–H and O–H groups in total. The van der Waals surface area contributed by atoms with E-state index in [1.807, 2.05) is 12.3 Å². The highest BCUT2D eigenvalue weighted by atomic mass is 32.2. The van der Waals surface area contributed by atoms with Gasteiger partial charge in [-0.25, -0.2) is 22.7 Å². The quantitative estimate of drug-likeness (QED) is 0.831. The third-order valence-electron chi connectivity index (χ3n) is 4.96. The van der Waals surface area contributed by atoms with E-state index < -0.39 is 10.0 Å². The van der Waals surface area contributed by atoms with E-state index in [0.29, 0.717) is 0 Å². The SMILES string of the molecule is CN(C1CCN(c2ccnc(C(C)(C)C)n2)CC1)S(=O)(=O)C1CC1. The zero-order chi connectivity index (χ0) is 17.5. The van der Waals surface area contributed by atoms with Crippen molar-refractivity contribution in [3.05, 3.63) is 18.1 Å². The molecule has 7 heteroatoms. The number of rotatable bonds is 4. The monoisotopic (exact) mass is 352 g/mol. The van der Waals surface area contributed by atoms with Gasteiger partial charge in [0.15, 0.2) is 0 Å². The Morgan fingerprint density at radius 1 is 1.17 bits per heavy atom. The molecule has 0 atom stereocenters. The van der Waals surface area contributed by atoms with Crippen LogP contribution in [0.4, 0.5) is 5.82 Å². The van der Waals surface area contributed by atoms with E-state index in [4.69, 9.17) is 4.98 Å². The van der Waals surface area contributed by atoms with Gasteiger partial charge in [-0.05, 0) is 31.7 Å². The van der Waals surface area contributed by atoms with Crippen molar-refractivity contribution in [2.24, 2.45) is 0 Å². The first-order valence-electron chi connectivity index (χ1n) is 8.75. The maximum absolute atomic E-state index is 12.4. The fourth-order valence-corrected chi connectivity index (χ4v) is 4.98. The summed E-state index contributed by atoms with van der Waals surface area (Å²) in [4.78, 5) is 11.3. The maximum Gasteiger partial charge on any atom is 0.216 e. The molecule has 1 aliphatic carbocycles. The van der Waals surface area contributed by atoms with E-state index >= 15 is 0 Å². The summed E-state index contributed by atoms with van der Waals surface area (Å²) in [6, 6.07) is 2.05. The number of piperidine rings is 1. The molecule has 2 fully saturated rings. The Bertz CT molecular complexity index is 687. The lowest BCUT2D eigenvalue weighted by Gasteiger charge is -2.37. The zero-order valence-corrected chi connectivity index (χ0v) is 15.9. The largest absolute Gasteiger partial charge is 0.356 e. The van der Waals surface area contributed by atoms with Crippen LogP contribution in [-0.2, 0) is 15.4 Å². The molecular formula is C17H28N4O2S. The Labute approximate surface area is 145 Å². The number of aromatic nitrogens is 2. The van der Waals surface area contributed by atoms with Crippen molar-refractivity contribution < 1.29 is 8.42 Å². The Balaban J connectivity index is 1.65. The molecule has 6 nitrogen and oxygen atoms in total. The van der Waals surface area contributed by atoms with Crippen LogP contribution < -0.4 is 4.90 Å². The molecular weight excluding hydrogens is 324 g/mol. The normalized spacial score (nSPS) is 20.6. The molecule has 1 saturated heterocycles. The van der Waals surface area contributed by atoms with Gasteiger partial charge in [-0.1, -0.05) is 20.8 Å². The highest BCUT2D eigenvalue weighted by Crippen LogP contribution is 2.33. The Morgan fingerprint density at radius 3 is 2.33 bits per heavy atom. The summed E-state index contributed by atoms with van der Waals surface area (Å²) in [5.41, 5.74) is -0.0765. The first-order chi connectivity index (χ1) is 11.2. The first kappa shape index (κ1) is 17.6. The third-order valence-corrected chi connectivity index (χ3v) is 7.38. The Hall–Kier alpha value is -1.21. The van der Waals surface area contributed by atoms with E-state index in [1.165, 1.54) is 0 Å². The number of anilines is 1. The Morgan fingerprint density at radius 2 is 1.79 bits per heavy atom. The summed E-state index contributed by atoms with van der Waals surface area (Å²) in [6.07, 6.45) is 5.15. The van der Waals surface area contributed by atoms with Crippen LogP contribution in [0, 0.1) is 0 Å². The van der Waals surface area contributed by atoms with E-state index in [9.17, 15) is 8.42 Å². The second kappa shape index (κ2) is 6.26. The van der Waals surface area contributed by atoms with Gasteiger partial charge >= 0.3 is 0 Å². The summed E-state index contributed by atoms with van der Waals surface area (Å²) >= 11 is 0. The molecule has 1 saturated carbocycles. The summed E-state index contributed by atoms with van der Waals surface area (Å²) in [5.74, 6) is 1.79. The van der Waals surface area contributed by atoms with Gasteiger partial charge in [-0.3, -0.25) is 0 Å².